The Labute approximate surface area is 132 Å². The molecule has 0 unspecified atom stereocenters. The van der Waals surface area contributed by atoms with Crippen molar-refractivity contribution >= 4 is 35.4 Å². The van der Waals surface area contributed by atoms with Crippen molar-refractivity contribution in [2.24, 2.45) is 0 Å². The van der Waals surface area contributed by atoms with Crippen LogP contribution >= 0.6 is 19.5 Å². The molecule has 0 spiro atoms. The van der Waals surface area contributed by atoms with Crippen LogP contribution < -0.4 is 15.9 Å². The van der Waals surface area contributed by atoms with Crippen molar-refractivity contribution < 1.29 is 0 Å². The molecule has 0 nitrogen and oxygen atoms in total. The van der Waals surface area contributed by atoms with Gasteiger partial charge < -0.3 is 0 Å². The molecular formula is C19H16ClP. The summed E-state index contributed by atoms with van der Waals surface area (Å²) in [5, 5.41) is 4.77. The summed E-state index contributed by atoms with van der Waals surface area (Å²) in [7, 11) is -0.620. The van der Waals surface area contributed by atoms with E-state index in [-0.39, 0.29) is 0 Å². The molecule has 21 heavy (non-hydrogen) atoms. The van der Waals surface area contributed by atoms with Crippen LogP contribution in [-0.4, -0.2) is 0 Å². The summed E-state index contributed by atoms with van der Waals surface area (Å²) in [6, 6.07) is 27.4. The van der Waals surface area contributed by atoms with Crippen molar-refractivity contribution in [2.75, 3.05) is 0 Å². The number of aryl methyl sites for hydroxylation is 1. The first-order valence-corrected chi connectivity index (χ1v) is 8.64. The molecule has 0 fully saturated rings. The third-order valence-corrected chi connectivity index (χ3v) is 6.56. The highest BCUT2D eigenvalue weighted by molar-refractivity contribution is 7.80. The first kappa shape index (κ1) is 14.3. The van der Waals surface area contributed by atoms with E-state index in [1.165, 1.54) is 21.5 Å². The van der Waals surface area contributed by atoms with Gasteiger partial charge in [-0.25, -0.2) is 0 Å². The van der Waals surface area contributed by atoms with Crippen molar-refractivity contribution in [2.45, 2.75) is 6.92 Å². The van der Waals surface area contributed by atoms with Crippen LogP contribution in [0.25, 0.3) is 0 Å². The molecule has 0 saturated carbocycles. The van der Waals surface area contributed by atoms with Gasteiger partial charge in [0.1, 0.15) is 0 Å². The third-order valence-electron chi connectivity index (χ3n) is 3.44. The van der Waals surface area contributed by atoms with Gasteiger partial charge in [-0.05, 0) is 37.1 Å². The highest BCUT2D eigenvalue weighted by atomic mass is 35.5. The molecule has 2 heteroatoms. The summed E-state index contributed by atoms with van der Waals surface area (Å²) in [6.07, 6.45) is 0. The largest absolute Gasteiger partial charge is 0.0836 e. The smallest absolute Gasteiger partial charge is 0.0492 e. The average Bonchev–Trinajstić information content (AvgIpc) is 2.53. The van der Waals surface area contributed by atoms with Crippen LogP contribution in [0, 0.1) is 6.92 Å². The summed E-state index contributed by atoms with van der Waals surface area (Å²) >= 11 is 6.54. The Morgan fingerprint density at radius 2 is 1.19 bits per heavy atom. The van der Waals surface area contributed by atoms with Gasteiger partial charge in [0.05, 0.1) is 0 Å². The quantitative estimate of drug-likeness (QED) is 0.629. The normalized spacial score (nSPS) is 10.8. The van der Waals surface area contributed by atoms with Gasteiger partial charge in [-0.2, -0.15) is 0 Å². The Morgan fingerprint density at radius 3 is 1.67 bits per heavy atom. The minimum absolute atomic E-state index is 0.620. The van der Waals surface area contributed by atoms with Gasteiger partial charge >= 0.3 is 0 Å². The van der Waals surface area contributed by atoms with E-state index in [2.05, 4.69) is 73.7 Å². The second-order valence-corrected chi connectivity index (χ2v) is 7.47. The average molecular weight is 311 g/mol. The van der Waals surface area contributed by atoms with Gasteiger partial charge in [-0.3, -0.25) is 0 Å². The van der Waals surface area contributed by atoms with Gasteiger partial charge in [-0.1, -0.05) is 84.4 Å². The number of benzene rings is 3. The maximum absolute atomic E-state index is 6.54. The first-order chi connectivity index (χ1) is 10.3. The van der Waals surface area contributed by atoms with Crippen LogP contribution in [0.15, 0.2) is 78.9 Å². The maximum Gasteiger partial charge on any atom is 0.0492 e. The molecule has 0 N–H and O–H groups in total. The molecule has 104 valence electrons. The van der Waals surface area contributed by atoms with Gasteiger partial charge in [-0.15, -0.1) is 0 Å². The van der Waals surface area contributed by atoms with E-state index >= 15 is 0 Å². The number of hydrogen-bond acceptors (Lipinski definition) is 0. The number of rotatable bonds is 3. The molecule has 0 radical (unpaired) electrons. The molecule has 0 amide bonds. The predicted octanol–water partition coefficient (Wildman–Crippen LogP) is 4.41. The summed E-state index contributed by atoms with van der Waals surface area (Å²) in [6.45, 7) is 2.14. The lowest BCUT2D eigenvalue weighted by molar-refractivity contribution is 1.52. The Morgan fingerprint density at radius 1 is 0.667 bits per heavy atom. The Balaban J connectivity index is 2.23. The van der Waals surface area contributed by atoms with Crippen LogP contribution in [0.2, 0.25) is 5.02 Å². The molecule has 0 heterocycles. The molecule has 0 aliphatic heterocycles. The molecule has 0 saturated heterocycles. The lowest BCUT2D eigenvalue weighted by atomic mass is 10.2. The number of hydrogen-bond donors (Lipinski definition) is 0. The molecule has 0 bridgehead atoms. The third kappa shape index (κ3) is 3.02. The van der Waals surface area contributed by atoms with Crippen molar-refractivity contribution in [1.29, 1.82) is 0 Å². The first-order valence-electron chi connectivity index (χ1n) is 6.93. The van der Waals surface area contributed by atoms with E-state index in [4.69, 9.17) is 11.6 Å². The summed E-state index contributed by atoms with van der Waals surface area (Å²) in [5.41, 5.74) is 1.25. The van der Waals surface area contributed by atoms with E-state index in [1.54, 1.807) is 0 Å². The Kier molecular flexibility index (Phi) is 4.39. The maximum atomic E-state index is 6.54. The van der Waals surface area contributed by atoms with E-state index < -0.39 is 7.92 Å². The molecule has 0 aliphatic rings. The van der Waals surface area contributed by atoms with Crippen molar-refractivity contribution in [3.05, 3.63) is 89.4 Å². The van der Waals surface area contributed by atoms with Gasteiger partial charge in [0.15, 0.2) is 0 Å². The SMILES string of the molecule is Cc1cccc(Cl)c1P(c1ccccc1)c1ccccc1. The van der Waals surface area contributed by atoms with Crippen LogP contribution in [0.4, 0.5) is 0 Å². The van der Waals surface area contributed by atoms with Crippen molar-refractivity contribution in [3.8, 4) is 0 Å². The highest BCUT2D eigenvalue weighted by Gasteiger charge is 2.20. The Bertz CT molecular complexity index is 663. The zero-order valence-corrected chi connectivity index (χ0v) is 13.5. The fourth-order valence-corrected chi connectivity index (χ4v) is 5.41. The van der Waals surface area contributed by atoms with E-state index in [9.17, 15) is 0 Å². The molecule has 0 atom stereocenters. The lowest BCUT2D eigenvalue weighted by Gasteiger charge is -2.22. The lowest BCUT2D eigenvalue weighted by Crippen LogP contribution is -2.23. The van der Waals surface area contributed by atoms with Crippen molar-refractivity contribution in [1.82, 2.24) is 0 Å². The second-order valence-electron chi connectivity index (χ2n) is 4.91. The summed E-state index contributed by atoms with van der Waals surface area (Å²) < 4.78 is 0. The summed E-state index contributed by atoms with van der Waals surface area (Å²) in [5.74, 6) is 0. The highest BCUT2D eigenvalue weighted by Crippen LogP contribution is 2.36. The minimum atomic E-state index is -0.620. The molecule has 0 aliphatic carbocycles. The van der Waals surface area contributed by atoms with Crippen LogP contribution in [0.1, 0.15) is 5.56 Å². The summed E-state index contributed by atoms with van der Waals surface area (Å²) in [4.78, 5) is 0. The van der Waals surface area contributed by atoms with Gasteiger partial charge in [0.25, 0.3) is 0 Å². The molecular weight excluding hydrogens is 295 g/mol. The topological polar surface area (TPSA) is 0 Å². The van der Waals surface area contributed by atoms with Gasteiger partial charge in [0.2, 0.25) is 0 Å². The standard InChI is InChI=1S/C19H16ClP/c1-15-9-8-14-18(20)19(15)21(16-10-4-2-5-11-16)17-12-6-3-7-13-17/h2-14H,1H3. The van der Waals surface area contributed by atoms with Crippen LogP contribution in [0.5, 0.6) is 0 Å². The zero-order chi connectivity index (χ0) is 14.7. The zero-order valence-electron chi connectivity index (χ0n) is 11.8. The van der Waals surface area contributed by atoms with Crippen LogP contribution in [-0.2, 0) is 0 Å². The molecule has 0 aromatic heterocycles. The van der Waals surface area contributed by atoms with E-state index in [0.717, 1.165) is 5.02 Å². The van der Waals surface area contributed by atoms with Crippen molar-refractivity contribution in [3.63, 3.8) is 0 Å². The predicted molar refractivity (Wildman–Crippen MR) is 94.9 cm³/mol. The molecule has 3 rings (SSSR count). The monoisotopic (exact) mass is 310 g/mol. The second kappa shape index (κ2) is 6.43. The minimum Gasteiger partial charge on any atom is -0.0836 e. The van der Waals surface area contributed by atoms with E-state index in [0.29, 0.717) is 0 Å². The molecule has 3 aromatic carbocycles. The Hall–Kier alpha value is -1.62. The fourth-order valence-electron chi connectivity index (χ4n) is 2.47. The van der Waals surface area contributed by atoms with Crippen LogP contribution in [0.3, 0.4) is 0 Å². The molecule has 3 aromatic rings. The van der Waals surface area contributed by atoms with E-state index in [1.807, 2.05) is 12.1 Å². The van der Waals surface area contributed by atoms with Gasteiger partial charge in [0, 0.05) is 10.3 Å². The number of halogens is 1. The fraction of sp³-hybridized carbons (Fsp3) is 0.0526.